The molecule has 0 aromatic heterocycles. The van der Waals surface area contributed by atoms with Gasteiger partial charge in [0.1, 0.15) is 0 Å². The summed E-state index contributed by atoms with van der Waals surface area (Å²) in [5, 5.41) is 0. The molecule has 0 heterocycles. The summed E-state index contributed by atoms with van der Waals surface area (Å²) in [6.07, 6.45) is 7.05. The summed E-state index contributed by atoms with van der Waals surface area (Å²) in [6.45, 7) is 0. The van der Waals surface area contributed by atoms with Crippen LogP contribution in [0.4, 0.5) is 0 Å². The third-order valence-electron chi connectivity index (χ3n) is 6.97. The molecule has 4 fully saturated rings. The van der Waals surface area contributed by atoms with Crippen LogP contribution in [0, 0.1) is 23.2 Å². The topological polar surface area (TPSA) is 34.1 Å². The van der Waals surface area contributed by atoms with Crippen molar-refractivity contribution in [1.29, 1.82) is 0 Å². The van der Waals surface area contributed by atoms with Gasteiger partial charge in [-0.05, 0) is 56.3 Å². The zero-order valence-electron chi connectivity index (χ0n) is 15.0. The van der Waals surface area contributed by atoms with Crippen LogP contribution in [-0.2, 0) is 0 Å². The molecule has 0 saturated heterocycles. The number of carbonyl (C=O) groups is 2. The van der Waals surface area contributed by atoms with Gasteiger partial charge >= 0.3 is 0 Å². The molecule has 0 unspecified atom stereocenters. The van der Waals surface area contributed by atoms with Gasteiger partial charge in [-0.2, -0.15) is 0 Å². The summed E-state index contributed by atoms with van der Waals surface area (Å²) in [5.74, 6) is 2.36. The number of carbonyl (C=O) groups excluding carboxylic acids is 2. The summed E-state index contributed by atoms with van der Waals surface area (Å²) in [7, 11) is 0. The second-order valence-corrected chi connectivity index (χ2v) is 8.77. The highest BCUT2D eigenvalue weighted by Crippen LogP contribution is 2.61. The zero-order valence-corrected chi connectivity index (χ0v) is 15.0. The van der Waals surface area contributed by atoms with Crippen molar-refractivity contribution >= 4 is 11.6 Å². The summed E-state index contributed by atoms with van der Waals surface area (Å²) in [5.41, 5.74) is 1.66. The van der Waals surface area contributed by atoms with Crippen LogP contribution in [0.5, 0.6) is 0 Å². The molecule has 0 spiro atoms. The average Bonchev–Trinajstić information content (AvgIpc) is 2.66. The maximum Gasteiger partial charge on any atom is 0.193 e. The quantitative estimate of drug-likeness (QED) is 0.704. The second kappa shape index (κ2) is 5.90. The number of Topliss-reactive ketones (excluding diaryl/α,β-unsaturated/α-hetero) is 1. The lowest BCUT2D eigenvalue weighted by molar-refractivity contribution is -0.0353. The van der Waals surface area contributed by atoms with E-state index in [1.807, 2.05) is 54.6 Å². The zero-order chi connectivity index (χ0) is 17.7. The van der Waals surface area contributed by atoms with Gasteiger partial charge in [0.05, 0.1) is 0 Å². The predicted octanol–water partition coefficient (Wildman–Crippen LogP) is 5.32. The van der Waals surface area contributed by atoms with E-state index in [1.54, 1.807) is 0 Å². The van der Waals surface area contributed by atoms with E-state index >= 15 is 0 Å². The highest BCUT2D eigenvalue weighted by molar-refractivity contribution is 6.16. The summed E-state index contributed by atoms with van der Waals surface area (Å²) in [6, 6.07) is 16.8. The summed E-state index contributed by atoms with van der Waals surface area (Å²) in [4.78, 5) is 26.7. The molecular formula is C24H24O2. The molecule has 4 aliphatic rings. The molecule has 26 heavy (non-hydrogen) atoms. The third-order valence-corrected chi connectivity index (χ3v) is 6.97. The number of ketones is 2. The lowest BCUT2D eigenvalue weighted by Gasteiger charge is -2.56. The molecule has 2 heteroatoms. The van der Waals surface area contributed by atoms with Gasteiger partial charge in [0.15, 0.2) is 11.6 Å². The van der Waals surface area contributed by atoms with Crippen LogP contribution >= 0.6 is 0 Å². The Morgan fingerprint density at radius 3 is 1.77 bits per heavy atom. The van der Waals surface area contributed by atoms with Gasteiger partial charge in [-0.15, -0.1) is 0 Å². The molecule has 4 saturated carbocycles. The van der Waals surface area contributed by atoms with Crippen molar-refractivity contribution in [1.82, 2.24) is 0 Å². The van der Waals surface area contributed by atoms with Crippen molar-refractivity contribution in [2.45, 2.75) is 38.5 Å². The normalized spacial score (nSPS) is 31.8. The summed E-state index contributed by atoms with van der Waals surface area (Å²) < 4.78 is 0. The van der Waals surface area contributed by atoms with Gasteiger partial charge < -0.3 is 0 Å². The van der Waals surface area contributed by atoms with Gasteiger partial charge in [0, 0.05) is 22.1 Å². The molecule has 2 aromatic carbocycles. The van der Waals surface area contributed by atoms with Crippen molar-refractivity contribution in [3.05, 3.63) is 71.3 Å². The van der Waals surface area contributed by atoms with Crippen LogP contribution < -0.4 is 0 Å². The molecule has 0 aliphatic heterocycles. The molecule has 0 radical (unpaired) electrons. The fraction of sp³-hybridized carbons (Fsp3) is 0.417. The number of hydrogen-bond acceptors (Lipinski definition) is 2. The fourth-order valence-corrected chi connectivity index (χ4v) is 6.30. The molecule has 0 atom stereocenters. The highest BCUT2D eigenvalue weighted by atomic mass is 16.1. The molecule has 6 rings (SSSR count). The minimum Gasteiger partial charge on any atom is -0.294 e. The van der Waals surface area contributed by atoms with E-state index in [1.165, 1.54) is 19.3 Å². The average molecular weight is 344 g/mol. The largest absolute Gasteiger partial charge is 0.294 e. The molecule has 4 aliphatic carbocycles. The first kappa shape index (κ1) is 16.0. The van der Waals surface area contributed by atoms with Crippen LogP contribution in [0.3, 0.4) is 0 Å². The second-order valence-electron chi connectivity index (χ2n) is 8.77. The van der Waals surface area contributed by atoms with E-state index in [4.69, 9.17) is 0 Å². The van der Waals surface area contributed by atoms with E-state index in [9.17, 15) is 9.59 Å². The fourth-order valence-electron chi connectivity index (χ4n) is 6.30. The van der Waals surface area contributed by atoms with Gasteiger partial charge in [0.25, 0.3) is 0 Å². The first-order valence-corrected chi connectivity index (χ1v) is 9.88. The Kier molecular flexibility index (Phi) is 3.63. The monoisotopic (exact) mass is 344 g/mol. The maximum absolute atomic E-state index is 13.7. The van der Waals surface area contributed by atoms with Crippen LogP contribution in [-0.4, -0.2) is 11.6 Å². The van der Waals surface area contributed by atoms with Crippen molar-refractivity contribution in [3.63, 3.8) is 0 Å². The highest BCUT2D eigenvalue weighted by Gasteiger charge is 2.54. The Bertz CT molecular complexity index is 830. The molecule has 2 nitrogen and oxygen atoms in total. The standard InChI is InChI=1S/C24H24O2/c25-22(19-6-2-1-3-7-19)20-8-4-5-9-21(20)23(26)24-13-16-10-17(14-24)12-18(11-16)15-24/h1-9,16-18H,10-15H2. The Morgan fingerprint density at radius 1 is 0.692 bits per heavy atom. The third kappa shape index (κ3) is 2.46. The van der Waals surface area contributed by atoms with Crippen molar-refractivity contribution in [2.75, 3.05) is 0 Å². The molecule has 132 valence electrons. The lowest BCUT2D eigenvalue weighted by atomic mass is 9.48. The Labute approximate surface area is 154 Å². The van der Waals surface area contributed by atoms with Crippen molar-refractivity contribution in [3.8, 4) is 0 Å². The van der Waals surface area contributed by atoms with Gasteiger partial charge in [0.2, 0.25) is 0 Å². The van der Waals surface area contributed by atoms with E-state index in [0.29, 0.717) is 16.7 Å². The molecule has 0 N–H and O–H groups in total. The smallest absolute Gasteiger partial charge is 0.193 e. The first-order valence-electron chi connectivity index (χ1n) is 9.88. The SMILES string of the molecule is O=C(c1ccccc1)c1ccccc1C(=O)C12CC3CC(CC(C3)C1)C2. The van der Waals surface area contributed by atoms with E-state index in [2.05, 4.69) is 0 Å². The number of hydrogen-bond donors (Lipinski definition) is 0. The van der Waals surface area contributed by atoms with E-state index in [-0.39, 0.29) is 17.0 Å². The van der Waals surface area contributed by atoms with Crippen molar-refractivity contribution in [2.24, 2.45) is 23.2 Å². The summed E-state index contributed by atoms with van der Waals surface area (Å²) >= 11 is 0. The van der Waals surface area contributed by atoms with E-state index < -0.39 is 0 Å². The first-order chi connectivity index (χ1) is 12.6. The molecular weight excluding hydrogens is 320 g/mol. The molecule has 0 amide bonds. The Hall–Kier alpha value is -2.22. The number of rotatable bonds is 4. The van der Waals surface area contributed by atoms with Gasteiger partial charge in [-0.1, -0.05) is 54.6 Å². The maximum atomic E-state index is 13.7. The van der Waals surface area contributed by atoms with Crippen LogP contribution in [0.2, 0.25) is 0 Å². The van der Waals surface area contributed by atoms with Gasteiger partial charge in [-0.3, -0.25) is 9.59 Å². The lowest BCUT2D eigenvalue weighted by Crippen LogP contribution is -2.50. The van der Waals surface area contributed by atoms with Crippen LogP contribution in [0.15, 0.2) is 54.6 Å². The van der Waals surface area contributed by atoms with Crippen LogP contribution in [0.25, 0.3) is 0 Å². The molecule has 4 bridgehead atoms. The minimum absolute atomic E-state index is 0.0423. The Morgan fingerprint density at radius 2 is 1.19 bits per heavy atom. The van der Waals surface area contributed by atoms with Crippen LogP contribution in [0.1, 0.15) is 64.8 Å². The Balaban J connectivity index is 1.53. The number of benzene rings is 2. The molecule has 2 aromatic rings. The van der Waals surface area contributed by atoms with Crippen molar-refractivity contribution < 1.29 is 9.59 Å². The van der Waals surface area contributed by atoms with Gasteiger partial charge in [-0.25, -0.2) is 0 Å². The minimum atomic E-state index is -0.207. The van der Waals surface area contributed by atoms with E-state index in [0.717, 1.165) is 37.0 Å². The predicted molar refractivity (Wildman–Crippen MR) is 101 cm³/mol.